The summed E-state index contributed by atoms with van der Waals surface area (Å²) >= 11 is 0. The third kappa shape index (κ3) is 4.03. The van der Waals surface area contributed by atoms with Crippen LogP contribution < -0.4 is 10.9 Å². The van der Waals surface area contributed by atoms with Gasteiger partial charge in [0.2, 0.25) is 5.91 Å². The first-order valence-corrected chi connectivity index (χ1v) is 11.4. The minimum absolute atomic E-state index is 0.0190. The molecule has 0 aliphatic heterocycles. The molecule has 2 heterocycles. The fraction of sp³-hybridized carbons (Fsp3) is 0.480. The molecule has 3 aromatic rings. The zero-order valence-corrected chi connectivity index (χ0v) is 19.0. The third-order valence-corrected chi connectivity index (χ3v) is 6.54. The Morgan fingerprint density at radius 3 is 2.45 bits per heavy atom. The molecule has 1 aliphatic rings. The fourth-order valence-electron chi connectivity index (χ4n) is 4.84. The van der Waals surface area contributed by atoms with Crippen LogP contribution in [0.2, 0.25) is 0 Å². The zero-order chi connectivity index (χ0) is 22.1. The molecular weight excluding hydrogens is 388 g/mol. The van der Waals surface area contributed by atoms with E-state index in [4.69, 9.17) is 5.10 Å². The van der Waals surface area contributed by atoms with Crippen LogP contribution in [0.5, 0.6) is 0 Å². The Morgan fingerprint density at radius 1 is 1.13 bits per heavy atom. The Morgan fingerprint density at radius 2 is 1.81 bits per heavy atom. The number of carbonyl (C=O) groups is 1. The van der Waals surface area contributed by atoms with Gasteiger partial charge in [-0.1, -0.05) is 30.5 Å². The molecular formula is C25H32N4O2. The van der Waals surface area contributed by atoms with Crippen molar-refractivity contribution in [3.63, 3.8) is 0 Å². The topological polar surface area (TPSA) is 68.9 Å². The average molecular weight is 421 g/mol. The number of aromatic nitrogens is 3. The number of amides is 1. The number of aryl methyl sites for hydroxylation is 4. The lowest BCUT2D eigenvalue weighted by Crippen LogP contribution is -2.33. The highest BCUT2D eigenvalue weighted by Gasteiger charge is 2.22. The molecule has 1 fully saturated rings. The lowest BCUT2D eigenvalue weighted by atomic mass is 10.0. The number of carbonyl (C=O) groups excluding carboxylic acids is 1. The monoisotopic (exact) mass is 420 g/mol. The molecule has 0 radical (unpaired) electrons. The molecule has 0 saturated heterocycles. The van der Waals surface area contributed by atoms with Crippen molar-refractivity contribution in [2.45, 2.75) is 78.8 Å². The number of nitrogens with zero attached hydrogens (tertiary/aromatic N) is 3. The quantitative estimate of drug-likeness (QED) is 0.652. The number of hydrogen-bond donors (Lipinski definition) is 1. The van der Waals surface area contributed by atoms with Gasteiger partial charge < -0.3 is 5.32 Å². The van der Waals surface area contributed by atoms with Gasteiger partial charge in [0.15, 0.2) is 0 Å². The molecule has 0 spiro atoms. The van der Waals surface area contributed by atoms with Gasteiger partial charge in [0, 0.05) is 30.0 Å². The summed E-state index contributed by atoms with van der Waals surface area (Å²) in [6.07, 6.45) is 5.30. The highest BCUT2D eigenvalue weighted by Crippen LogP contribution is 2.26. The number of rotatable bonds is 6. The van der Waals surface area contributed by atoms with Crippen molar-refractivity contribution in [1.29, 1.82) is 0 Å². The van der Waals surface area contributed by atoms with Crippen molar-refractivity contribution in [2.24, 2.45) is 0 Å². The van der Waals surface area contributed by atoms with Gasteiger partial charge in [0.1, 0.15) is 5.65 Å². The van der Waals surface area contributed by atoms with E-state index in [9.17, 15) is 9.59 Å². The largest absolute Gasteiger partial charge is 0.353 e. The van der Waals surface area contributed by atoms with E-state index in [1.165, 1.54) is 18.4 Å². The maximum atomic E-state index is 13.4. The van der Waals surface area contributed by atoms with Crippen LogP contribution in [-0.2, 0) is 17.8 Å². The van der Waals surface area contributed by atoms with E-state index in [-0.39, 0.29) is 11.5 Å². The highest BCUT2D eigenvalue weighted by molar-refractivity contribution is 5.85. The van der Waals surface area contributed by atoms with E-state index in [2.05, 4.69) is 24.4 Å². The molecule has 6 nitrogen and oxygen atoms in total. The summed E-state index contributed by atoms with van der Waals surface area (Å²) < 4.78 is 3.67. The van der Waals surface area contributed by atoms with Gasteiger partial charge in [-0.25, -0.2) is 4.68 Å². The van der Waals surface area contributed by atoms with Crippen LogP contribution >= 0.6 is 0 Å². The van der Waals surface area contributed by atoms with Crippen LogP contribution in [0.15, 0.2) is 29.1 Å². The molecule has 1 aromatic carbocycles. The van der Waals surface area contributed by atoms with Crippen molar-refractivity contribution in [3.8, 4) is 5.69 Å². The second kappa shape index (κ2) is 8.69. The van der Waals surface area contributed by atoms with E-state index in [1.54, 1.807) is 4.57 Å². The maximum Gasteiger partial charge on any atom is 0.255 e. The second-order valence-corrected chi connectivity index (χ2v) is 8.73. The summed E-state index contributed by atoms with van der Waals surface area (Å²) in [5.74, 6) is 0.0425. The zero-order valence-electron chi connectivity index (χ0n) is 19.0. The summed E-state index contributed by atoms with van der Waals surface area (Å²) in [4.78, 5) is 25.9. The van der Waals surface area contributed by atoms with Crippen molar-refractivity contribution in [1.82, 2.24) is 19.7 Å². The smallest absolute Gasteiger partial charge is 0.255 e. The van der Waals surface area contributed by atoms with Gasteiger partial charge in [0.05, 0.1) is 11.4 Å². The number of fused-ring (bicyclic) bond motifs is 1. The summed E-state index contributed by atoms with van der Waals surface area (Å²) in [7, 11) is 0. The van der Waals surface area contributed by atoms with Gasteiger partial charge in [-0.15, -0.1) is 0 Å². The molecule has 1 aliphatic carbocycles. The third-order valence-electron chi connectivity index (χ3n) is 6.54. The van der Waals surface area contributed by atoms with Crippen LogP contribution in [0.25, 0.3) is 16.7 Å². The van der Waals surface area contributed by atoms with E-state index < -0.39 is 0 Å². The van der Waals surface area contributed by atoms with Crippen LogP contribution in [-0.4, -0.2) is 26.3 Å². The predicted molar refractivity (Wildman–Crippen MR) is 124 cm³/mol. The van der Waals surface area contributed by atoms with Gasteiger partial charge in [-0.2, -0.15) is 5.10 Å². The molecule has 6 heteroatoms. The summed E-state index contributed by atoms with van der Waals surface area (Å²) in [6, 6.07) is 8.47. The first kappa shape index (κ1) is 21.3. The summed E-state index contributed by atoms with van der Waals surface area (Å²) in [6.45, 7) is 8.56. The van der Waals surface area contributed by atoms with Crippen LogP contribution in [0, 0.1) is 20.8 Å². The van der Waals surface area contributed by atoms with Gasteiger partial charge in [-0.05, 0) is 64.7 Å². The second-order valence-electron chi connectivity index (χ2n) is 8.73. The molecule has 164 valence electrons. The first-order valence-electron chi connectivity index (χ1n) is 11.4. The first-order chi connectivity index (χ1) is 14.9. The molecule has 0 bridgehead atoms. The standard InChI is InChI=1S/C25H32N4O2/c1-5-28-24-23(18(4)27-29(24)20-12-10-16(2)11-13-20)17(3)21(25(28)31)14-15-22(30)26-19-8-6-7-9-19/h10-13,19H,5-9,14-15H2,1-4H3,(H,26,30). The van der Waals surface area contributed by atoms with Crippen molar-refractivity contribution in [2.75, 3.05) is 0 Å². The molecule has 1 amide bonds. The number of pyridine rings is 1. The molecule has 2 aromatic heterocycles. The fourth-order valence-corrected chi connectivity index (χ4v) is 4.84. The van der Waals surface area contributed by atoms with Crippen molar-refractivity contribution < 1.29 is 4.79 Å². The Bertz CT molecular complexity index is 1170. The average Bonchev–Trinajstić information content (AvgIpc) is 3.37. The number of nitrogens with one attached hydrogen (secondary N) is 1. The highest BCUT2D eigenvalue weighted by atomic mass is 16.1. The van der Waals surface area contributed by atoms with Gasteiger partial charge in [0.25, 0.3) is 5.56 Å². The van der Waals surface area contributed by atoms with E-state index >= 15 is 0 Å². The summed E-state index contributed by atoms with van der Waals surface area (Å²) in [5, 5.41) is 8.92. The summed E-state index contributed by atoms with van der Waals surface area (Å²) in [5.41, 5.74) is 5.48. The Kier molecular flexibility index (Phi) is 5.99. The Hall–Kier alpha value is -2.89. The van der Waals surface area contributed by atoms with E-state index in [1.807, 2.05) is 37.6 Å². The minimum Gasteiger partial charge on any atom is -0.353 e. The Labute approximate surface area is 183 Å². The predicted octanol–water partition coefficient (Wildman–Crippen LogP) is 4.12. The lowest BCUT2D eigenvalue weighted by molar-refractivity contribution is -0.121. The SMILES string of the molecule is CCn1c(=O)c(CCC(=O)NC2CCCC2)c(C)c2c(C)nn(-c3ccc(C)cc3)c21. The molecule has 0 unspecified atom stereocenters. The van der Waals surface area contributed by atoms with Crippen molar-refractivity contribution in [3.05, 3.63) is 57.0 Å². The lowest BCUT2D eigenvalue weighted by Gasteiger charge is -2.15. The van der Waals surface area contributed by atoms with Crippen molar-refractivity contribution >= 4 is 16.9 Å². The van der Waals surface area contributed by atoms with Crippen LogP contribution in [0.3, 0.4) is 0 Å². The van der Waals surface area contributed by atoms with Crippen LogP contribution in [0.1, 0.15) is 61.4 Å². The van der Waals surface area contributed by atoms with Gasteiger partial charge in [-0.3, -0.25) is 14.2 Å². The molecule has 1 saturated carbocycles. The number of hydrogen-bond acceptors (Lipinski definition) is 3. The molecule has 31 heavy (non-hydrogen) atoms. The maximum absolute atomic E-state index is 13.4. The minimum atomic E-state index is -0.0190. The van der Waals surface area contributed by atoms with Crippen LogP contribution in [0.4, 0.5) is 0 Å². The normalized spacial score (nSPS) is 14.5. The molecule has 0 atom stereocenters. The Balaban J connectivity index is 1.73. The van der Waals surface area contributed by atoms with E-state index in [0.29, 0.717) is 25.4 Å². The van der Waals surface area contributed by atoms with Gasteiger partial charge >= 0.3 is 0 Å². The van der Waals surface area contributed by atoms with E-state index in [0.717, 1.165) is 46.4 Å². The molecule has 1 N–H and O–H groups in total. The molecule has 4 rings (SSSR count). The number of benzene rings is 1.